The number of hydrogen-bond acceptors (Lipinski definition) is 6. The zero-order valence-electron chi connectivity index (χ0n) is 15.9. The van der Waals surface area contributed by atoms with E-state index in [1.807, 2.05) is 0 Å². The summed E-state index contributed by atoms with van der Waals surface area (Å²) in [6.45, 7) is -2.46. The lowest BCUT2D eigenvalue weighted by Crippen LogP contribution is -2.44. The summed E-state index contributed by atoms with van der Waals surface area (Å²) in [6, 6.07) is 0. The normalized spacial score (nSPS) is 27.3. The van der Waals surface area contributed by atoms with Gasteiger partial charge in [-0.25, -0.2) is 14.8 Å². The minimum atomic E-state index is -2.46. The number of methoxy groups -OCH3 is 2. The fourth-order valence-electron chi connectivity index (χ4n) is 3.09. The molecular formula is C15H19ClN4O3. The molecule has 1 fully saturated rings. The van der Waals surface area contributed by atoms with Crippen molar-refractivity contribution in [3.05, 3.63) is 17.2 Å². The van der Waals surface area contributed by atoms with Crippen LogP contribution in [-0.4, -0.2) is 45.5 Å². The van der Waals surface area contributed by atoms with Crippen LogP contribution in [0.3, 0.4) is 0 Å². The maximum absolute atomic E-state index is 12.0. The van der Waals surface area contributed by atoms with E-state index in [0.29, 0.717) is 36.9 Å². The minimum Gasteiger partial charge on any atom is -0.467 e. The van der Waals surface area contributed by atoms with E-state index in [9.17, 15) is 4.79 Å². The summed E-state index contributed by atoms with van der Waals surface area (Å²) in [4.78, 5) is 20.8. The van der Waals surface area contributed by atoms with E-state index in [2.05, 4.69) is 15.1 Å². The van der Waals surface area contributed by atoms with Crippen LogP contribution < -0.4 is 0 Å². The van der Waals surface area contributed by atoms with Crippen LogP contribution in [0.2, 0.25) is 5.15 Å². The van der Waals surface area contributed by atoms with E-state index in [1.165, 1.54) is 20.4 Å². The van der Waals surface area contributed by atoms with Gasteiger partial charge >= 0.3 is 5.97 Å². The number of nitrogens with zero attached hydrogens (tertiary/aromatic N) is 4. The summed E-state index contributed by atoms with van der Waals surface area (Å²) in [7, 11) is 2.83. The lowest BCUT2D eigenvalue weighted by molar-refractivity contribution is -0.170. The van der Waals surface area contributed by atoms with Crippen LogP contribution in [0.5, 0.6) is 0 Å². The smallest absolute Gasteiger partial charge is 0.338 e. The Morgan fingerprint density at radius 2 is 2.17 bits per heavy atom. The Morgan fingerprint density at radius 1 is 1.43 bits per heavy atom. The number of hydrogen-bond donors (Lipinski definition) is 0. The highest BCUT2D eigenvalue weighted by molar-refractivity contribution is 6.33. The van der Waals surface area contributed by atoms with Crippen LogP contribution in [0.1, 0.15) is 41.5 Å². The molecule has 0 aromatic carbocycles. The third-order valence-corrected chi connectivity index (χ3v) is 4.79. The number of aromatic nitrogens is 4. The first-order valence-corrected chi connectivity index (χ1v) is 7.65. The first kappa shape index (κ1) is 12.7. The molecule has 0 atom stereocenters. The molecule has 0 amide bonds. The SMILES string of the molecule is [2H]C([2H])([2H])n1ncc2c(Cl)nc(C3CCC(OC)(C(=O)OC)CC3)nc21. The van der Waals surface area contributed by atoms with Gasteiger partial charge in [0.1, 0.15) is 11.0 Å². The highest BCUT2D eigenvalue weighted by Gasteiger charge is 2.44. The largest absolute Gasteiger partial charge is 0.467 e. The van der Waals surface area contributed by atoms with Gasteiger partial charge in [-0.15, -0.1) is 0 Å². The molecule has 23 heavy (non-hydrogen) atoms. The van der Waals surface area contributed by atoms with Crippen LogP contribution in [0.15, 0.2) is 6.20 Å². The molecule has 0 unspecified atom stereocenters. The summed E-state index contributed by atoms with van der Waals surface area (Å²) < 4.78 is 33.9. The van der Waals surface area contributed by atoms with Gasteiger partial charge in [0.2, 0.25) is 0 Å². The second-order valence-corrected chi connectivity index (χ2v) is 5.99. The first-order chi connectivity index (χ1) is 12.2. The van der Waals surface area contributed by atoms with Crippen molar-refractivity contribution in [1.82, 2.24) is 19.7 Å². The van der Waals surface area contributed by atoms with Crippen LogP contribution in [0.4, 0.5) is 0 Å². The highest BCUT2D eigenvalue weighted by Crippen LogP contribution is 2.40. The number of aryl methyl sites for hydroxylation is 1. The van der Waals surface area contributed by atoms with Crippen molar-refractivity contribution < 1.29 is 18.4 Å². The van der Waals surface area contributed by atoms with E-state index < -0.39 is 18.5 Å². The van der Waals surface area contributed by atoms with Gasteiger partial charge in [0.15, 0.2) is 11.2 Å². The predicted octanol–water partition coefficient (Wildman–Crippen LogP) is 2.23. The van der Waals surface area contributed by atoms with E-state index in [1.54, 1.807) is 0 Å². The molecule has 0 spiro atoms. The van der Waals surface area contributed by atoms with Crippen LogP contribution in [0, 0.1) is 0 Å². The van der Waals surface area contributed by atoms with Gasteiger partial charge in [0.25, 0.3) is 0 Å². The maximum atomic E-state index is 12.0. The molecule has 1 aliphatic rings. The van der Waals surface area contributed by atoms with Gasteiger partial charge in [0, 0.05) is 24.1 Å². The quantitative estimate of drug-likeness (QED) is 0.629. The topological polar surface area (TPSA) is 79.1 Å². The fourth-order valence-corrected chi connectivity index (χ4v) is 3.31. The zero-order chi connectivity index (χ0) is 19.1. The van der Waals surface area contributed by atoms with Crippen LogP contribution in [0.25, 0.3) is 11.0 Å². The van der Waals surface area contributed by atoms with Crippen molar-refractivity contribution in [2.24, 2.45) is 6.98 Å². The number of halogens is 1. The van der Waals surface area contributed by atoms with Gasteiger partial charge in [-0.05, 0) is 25.7 Å². The molecule has 0 N–H and O–H groups in total. The van der Waals surface area contributed by atoms with E-state index >= 15 is 0 Å². The van der Waals surface area contributed by atoms with Gasteiger partial charge in [-0.1, -0.05) is 11.6 Å². The monoisotopic (exact) mass is 341 g/mol. The summed E-state index contributed by atoms with van der Waals surface area (Å²) in [6.07, 6.45) is 3.44. The fraction of sp³-hybridized carbons (Fsp3) is 0.600. The van der Waals surface area contributed by atoms with E-state index in [4.69, 9.17) is 25.2 Å². The Balaban J connectivity index is 1.91. The van der Waals surface area contributed by atoms with Crippen molar-refractivity contribution >= 4 is 28.6 Å². The molecule has 3 rings (SSSR count). The number of ether oxygens (including phenoxy) is 2. The lowest BCUT2D eigenvalue weighted by Gasteiger charge is -2.36. The summed E-state index contributed by atoms with van der Waals surface area (Å²) in [5.74, 6) is -0.0128. The minimum absolute atomic E-state index is 0.0650. The number of fused-ring (bicyclic) bond motifs is 1. The van der Waals surface area contributed by atoms with Crippen molar-refractivity contribution in [1.29, 1.82) is 0 Å². The Labute approximate surface area is 143 Å². The molecule has 2 aromatic rings. The Hall–Kier alpha value is -1.73. The molecular weight excluding hydrogens is 320 g/mol. The third-order valence-electron chi connectivity index (χ3n) is 4.51. The molecule has 124 valence electrons. The molecule has 0 aliphatic heterocycles. The molecule has 2 heterocycles. The van der Waals surface area contributed by atoms with Gasteiger partial charge in [-0.3, -0.25) is 4.68 Å². The van der Waals surface area contributed by atoms with Crippen molar-refractivity contribution in [2.75, 3.05) is 14.2 Å². The number of esters is 1. The molecule has 0 saturated heterocycles. The average molecular weight is 342 g/mol. The summed E-state index contributed by atoms with van der Waals surface area (Å²) in [5, 5.41) is 4.43. The summed E-state index contributed by atoms with van der Waals surface area (Å²) in [5.41, 5.74) is -0.781. The second kappa shape index (κ2) is 6.05. The second-order valence-electron chi connectivity index (χ2n) is 5.63. The lowest BCUT2D eigenvalue weighted by atomic mass is 9.78. The Bertz CT molecular complexity index is 831. The Morgan fingerprint density at radius 3 is 2.78 bits per heavy atom. The van der Waals surface area contributed by atoms with Gasteiger partial charge in [-0.2, -0.15) is 5.10 Å². The predicted molar refractivity (Wildman–Crippen MR) is 84.3 cm³/mol. The average Bonchev–Trinajstić information content (AvgIpc) is 3.06. The third kappa shape index (κ3) is 2.68. The molecule has 7 nitrogen and oxygen atoms in total. The highest BCUT2D eigenvalue weighted by atomic mass is 35.5. The zero-order valence-corrected chi connectivity index (χ0v) is 13.6. The van der Waals surface area contributed by atoms with Gasteiger partial charge in [0.05, 0.1) is 18.7 Å². The molecule has 1 saturated carbocycles. The van der Waals surface area contributed by atoms with Crippen molar-refractivity contribution in [2.45, 2.75) is 37.2 Å². The maximum Gasteiger partial charge on any atom is 0.338 e. The molecule has 0 bridgehead atoms. The molecule has 2 aromatic heterocycles. The van der Waals surface area contributed by atoms with E-state index in [-0.39, 0.29) is 16.7 Å². The first-order valence-electron chi connectivity index (χ1n) is 8.77. The molecule has 0 radical (unpaired) electrons. The molecule has 8 heteroatoms. The Kier molecular flexibility index (Phi) is 3.33. The number of carbonyl (C=O) groups is 1. The summed E-state index contributed by atoms with van der Waals surface area (Å²) >= 11 is 6.21. The van der Waals surface area contributed by atoms with E-state index in [0.717, 1.165) is 4.68 Å². The van der Waals surface area contributed by atoms with Crippen molar-refractivity contribution in [3.8, 4) is 0 Å². The van der Waals surface area contributed by atoms with Gasteiger partial charge < -0.3 is 9.47 Å². The van der Waals surface area contributed by atoms with Crippen molar-refractivity contribution in [3.63, 3.8) is 0 Å². The standard InChI is InChI=1S/C15H19ClN4O3/c1-20-13-10(8-17-20)11(16)18-12(19-13)9-4-6-15(23-3,7-5-9)14(21)22-2/h8-9H,4-7H2,1-3H3/i1D3. The van der Waals surface area contributed by atoms with Crippen LogP contribution in [-0.2, 0) is 21.2 Å². The number of carbonyl (C=O) groups excluding carboxylic acids is 1. The van der Waals surface area contributed by atoms with Crippen LogP contribution >= 0.6 is 11.6 Å². The molecule has 1 aliphatic carbocycles. The number of rotatable bonds is 3.